The molecule has 6 nitrogen and oxygen atoms in total. The van der Waals surface area contributed by atoms with Crippen molar-refractivity contribution in [3.8, 4) is 0 Å². The summed E-state index contributed by atoms with van der Waals surface area (Å²) in [5.41, 5.74) is 0.883. The second-order valence-electron chi connectivity index (χ2n) is 6.42. The maximum Gasteiger partial charge on any atom is 0.229 e. The van der Waals surface area contributed by atoms with Gasteiger partial charge in [0.2, 0.25) is 11.9 Å². The predicted molar refractivity (Wildman–Crippen MR) is 96.5 cm³/mol. The van der Waals surface area contributed by atoms with Gasteiger partial charge in [0.1, 0.15) is 17.2 Å². The van der Waals surface area contributed by atoms with Crippen LogP contribution in [0.5, 0.6) is 0 Å². The molecule has 3 rings (SSSR count). The van der Waals surface area contributed by atoms with Crippen LogP contribution in [-0.4, -0.2) is 29.0 Å². The highest BCUT2D eigenvalue weighted by Gasteiger charge is 2.16. The summed E-state index contributed by atoms with van der Waals surface area (Å²) in [4.78, 5) is 15.4. The zero-order chi connectivity index (χ0) is 17.3. The summed E-state index contributed by atoms with van der Waals surface area (Å²) in [5, 5.41) is 4.42. The van der Waals surface area contributed by atoms with E-state index in [1.807, 2.05) is 56.3 Å². The molecule has 0 fully saturated rings. The van der Waals surface area contributed by atoms with E-state index in [-0.39, 0.29) is 12.0 Å². The summed E-state index contributed by atoms with van der Waals surface area (Å²) in [5.74, 6) is 3.06. The van der Waals surface area contributed by atoms with Crippen molar-refractivity contribution in [2.45, 2.75) is 32.7 Å². The molecular formula is C18H23N5O. The Bertz CT molecular complexity index is 781. The Kier molecular flexibility index (Phi) is 4.38. The molecule has 0 saturated heterocycles. The fraction of sp³-hybridized carbons (Fsp3) is 0.389. The molecule has 3 aromatic rings. The van der Waals surface area contributed by atoms with Crippen LogP contribution in [-0.2, 0) is 0 Å². The number of para-hydroxylation sites is 1. The summed E-state index contributed by atoms with van der Waals surface area (Å²) in [6, 6.07) is 9.98. The molecule has 0 bridgehead atoms. The maximum absolute atomic E-state index is 5.91. The fourth-order valence-electron chi connectivity index (χ4n) is 2.38. The highest BCUT2D eigenvalue weighted by Crippen LogP contribution is 2.26. The molecule has 1 atom stereocenters. The van der Waals surface area contributed by atoms with E-state index in [9.17, 15) is 0 Å². The molecule has 1 aromatic carbocycles. The van der Waals surface area contributed by atoms with Crippen molar-refractivity contribution >= 4 is 22.9 Å². The summed E-state index contributed by atoms with van der Waals surface area (Å²) in [6.45, 7) is 6.17. The van der Waals surface area contributed by atoms with Gasteiger partial charge >= 0.3 is 0 Å². The third-order valence-electron chi connectivity index (χ3n) is 3.77. The van der Waals surface area contributed by atoms with Crippen molar-refractivity contribution in [1.29, 1.82) is 0 Å². The van der Waals surface area contributed by atoms with E-state index in [2.05, 4.69) is 34.1 Å². The Morgan fingerprint density at radius 3 is 2.46 bits per heavy atom. The SMILES string of the molecule is CC(C)c1nc(N[C@H](C)c2cc3ccccc3o2)nc(N(C)C)n1. The molecule has 1 N–H and O–H groups in total. The molecule has 2 aromatic heterocycles. The number of furan rings is 1. The van der Waals surface area contributed by atoms with Gasteiger partial charge in [-0.05, 0) is 19.1 Å². The Morgan fingerprint density at radius 1 is 1.04 bits per heavy atom. The summed E-state index contributed by atoms with van der Waals surface area (Å²) >= 11 is 0. The second-order valence-corrected chi connectivity index (χ2v) is 6.42. The maximum atomic E-state index is 5.91. The first-order valence-corrected chi connectivity index (χ1v) is 8.12. The molecule has 0 aliphatic rings. The standard InChI is InChI=1S/C18H23N5O/c1-11(2)16-20-17(22-18(21-16)23(4)5)19-12(3)15-10-13-8-6-7-9-14(13)24-15/h6-12H,1-5H3,(H,19,20,21,22)/t12-/m1/s1. The van der Waals surface area contributed by atoms with Crippen LogP contribution in [0.1, 0.15) is 44.3 Å². The van der Waals surface area contributed by atoms with Crippen LogP contribution in [0.3, 0.4) is 0 Å². The highest BCUT2D eigenvalue weighted by atomic mass is 16.3. The summed E-state index contributed by atoms with van der Waals surface area (Å²) in [6.07, 6.45) is 0. The molecule has 126 valence electrons. The van der Waals surface area contributed by atoms with Gasteiger partial charge in [0, 0.05) is 25.4 Å². The zero-order valence-corrected chi connectivity index (χ0v) is 14.7. The zero-order valence-electron chi connectivity index (χ0n) is 14.7. The average Bonchev–Trinajstić information content (AvgIpc) is 2.98. The van der Waals surface area contributed by atoms with Crippen LogP contribution in [0.2, 0.25) is 0 Å². The van der Waals surface area contributed by atoms with Crippen molar-refractivity contribution < 1.29 is 4.42 Å². The Hall–Kier alpha value is -2.63. The molecule has 0 aliphatic heterocycles. The van der Waals surface area contributed by atoms with Gasteiger partial charge in [-0.3, -0.25) is 0 Å². The number of anilines is 2. The van der Waals surface area contributed by atoms with Gasteiger partial charge in [0.25, 0.3) is 0 Å². The van der Waals surface area contributed by atoms with Gasteiger partial charge < -0.3 is 14.6 Å². The number of nitrogens with one attached hydrogen (secondary N) is 1. The lowest BCUT2D eigenvalue weighted by Gasteiger charge is -2.16. The van der Waals surface area contributed by atoms with Gasteiger partial charge in [-0.25, -0.2) is 0 Å². The third kappa shape index (κ3) is 3.32. The van der Waals surface area contributed by atoms with Gasteiger partial charge in [-0.1, -0.05) is 32.0 Å². The number of nitrogens with zero attached hydrogens (tertiary/aromatic N) is 4. The first-order valence-electron chi connectivity index (χ1n) is 8.12. The van der Waals surface area contributed by atoms with E-state index in [1.165, 1.54) is 0 Å². The molecule has 0 spiro atoms. The van der Waals surface area contributed by atoms with Crippen molar-refractivity contribution in [3.63, 3.8) is 0 Å². The van der Waals surface area contributed by atoms with Crippen LogP contribution in [0.4, 0.5) is 11.9 Å². The van der Waals surface area contributed by atoms with Crippen molar-refractivity contribution in [2.24, 2.45) is 0 Å². The van der Waals surface area contributed by atoms with Crippen LogP contribution in [0.25, 0.3) is 11.0 Å². The largest absolute Gasteiger partial charge is 0.459 e. The van der Waals surface area contributed by atoms with E-state index in [0.717, 1.165) is 22.6 Å². The van der Waals surface area contributed by atoms with E-state index < -0.39 is 0 Å². The monoisotopic (exact) mass is 325 g/mol. The van der Waals surface area contributed by atoms with Crippen LogP contribution in [0, 0.1) is 0 Å². The molecule has 0 aliphatic carbocycles. The quantitative estimate of drug-likeness (QED) is 0.765. The van der Waals surface area contributed by atoms with Crippen LogP contribution < -0.4 is 10.2 Å². The van der Waals surface area contributed by atoms with Crippen molar-refractivity contribution in [2.75, 3.05) is 24.3 Å². The number of hydrogen-bond donors (Lipinski definition) is 1. The molecule has 2 heterocycles. The summed E-state index contributed by atoms with van der Waals surface area (Å²) < 4.78 is 5.91. The van der Waals surface area contributed by atoms with E-state index in [0.29, 0.717) is 11.9 Å². The number of hydrogen-bond acceptors (Lipinski definition) is 6. The molecular weight excluding hydrogens is 302 g/mol. The van der Waals surface area contributed by atoms with Crippen molar-refractivity contribution in [1.82, 2.24) is 15.0 Å². The molecule has 24 heavy (non-hydrogen) atoms. The van der Waals surface area contributed by atoms with E-state index in [4.69, 9.17) is 4.42 Å². The normalized spacial score (nSPS) is 12.6. The molecule has 0 saturated carbocycles. The topological polar surface area (TPSA) is 67.1 Å². The Labute approximate surface area is 141 Å². The number of rotatable bonds is 5. The van der Waals surface area contributed by atoms with Crippen molar-refractivity contribution in [3.05, 3.63) is 41.9 Å². The second kappa shape index (κ2) is 6.47. The predicted octanol–water partition coefficient (Wildman–Crippen LogP) is 3.98. The van der Waals surface area contributed by atoms with Gasteiger partial charge in [0.05, 0.1) is 6.04 Å². The lowest BCUT2D eigenvalue weighted by Crippen LogP contribution is -2.18. The lowest BCUT2D eigenvalue weighted by atomic mass is 10.2. The Balaban J connectivity index is 1.88. The smallest absolute Gasteiger partial charge is 0.229 e. The van der Waals surface area contributed by atoms with E-state index in [1.54, 1.807) is 0 Å². The summed E-state index contributed by atoms with van der Waals surface area (Å²) in [7, 11) is 3.85. The minimum Gasteiger partial charge on any atom is -0.459 e. The average molecular weight is 325 g/mol. The Morgan fingerprint density at radius 2 is 1.79 bits per heavy atom. The van der Waals surface area contributed by atoms with Gasteiger partial charge in [-0.15, -0.1) is 0 Å². The first-order chi connectivity index (χ1) is 11.4. The molecule has 0 radical (unpaired) electrons. The lowest BCUT2D eigenvalue weighted by molar-refractivity contribution is 0.524. The van der Waals surface area contributed by atoms with Gasteiger partial charge in [-0.2, -0.15) is 15.0 Å². The number of fused-ring (bicyclic) bond motifs is 1. The first kappa shape index (κ1) is 16.2. The molecule has 0 unspecified atom stereocenters. The minimum atomic E-state index is -0.0465. The highest BCUT2D eigenvalue weighted by molar-refractivity contribution is 5.77. The van der Waals surface area contributed by atoms with Crippen LogP contribution >= 0.6 is 0 Å². The van der Waals surface area contributed by atoms with Gasteiger partial charge in [0.15, 0.2) is 0 Å². The molecule has 0 amide bonds. The van der Waals surface area contributed by atoms with E-state index >= 15 is 0 Å². The molecule has 6 heteroatoms. The van der Waals surface area contributed by atoms with Crippen LogP contribution in [0.15, 0.2) is 34.7 Å². The third-order valence-corrected chi connectivity index (χ3v) is 3.77. The minimum absolute atomic E-state index is 0.0465. The fourth-order valence-corrected chi connectivity index (χ4v) is 2.38. The number of aromatic nitrogens is 3. The number of benzene rings is 1.